The summed E-state index contributed by atoms with van der Waals surface area (Å²) in [5.41, 5.74) is 0.269. The first-order valence-corrected chi connectivity index (χ1v) is 6.34. The molecule has 0 heterocycles. The van der Waals surface area contributed by atoms with Crippen LogP contribution in [0.3, 0.4) is 0 Å². The lowest BCUT2D eigenvalue weighted by Gasteiger charge is -2.34. The van der Waals surface area contributed by atoms with E-state index in [1.807, 2.05) is 0 Å². The van der Waals surface area contributed by atoms with Crippen molar-refractivity contribution < 1.29 is 23.8 Å². The van der Waals surface area contributed by atoms with E-state index < -0.39 is 34.3 Å². The van der Waals surface area contributed by atoms with Crippen LogP contribution in [0.15, 0.2) is 24.3 Å². The van der Waals surface area contributed by atoms with Crippen LogP contribution in [0.5, 0.6) is 11.5 Å². The largest absolute Gasteiger partial charge is 0.505 e. The predicted octanol–water partition coefficient (Wildman–Crippen LogP) is 3.25. The molecule has 0 aromatic heterocycles. The van der Waals surface area contributed by atoms with Gasteiger partial charge in [0.05, 0.1) is 0 Å². The Bertz CT molecular complexity index is 731. The fourth-order valence-electron chi connectivity index (χ4n) is 2.82. The highest BCUT2D eigenvalue weighted by molar-refractivity contribution is 6.13. The van der Waals surface area contributed by atoms with Crippen LogP contribution in [-0.4, -0.2) is 16.0 Å². The van der Waals surface area contributed by atoms with Crippen LogP contribution in [0, 0.1) is 11.6 Å². The van der Waals surface area contributed by atoms with E-state index >= 15 is 0 Å². The Morgan fingerprint density at radius 1 is 0.857 bits per heavy atom. The number of aromatic hydroxyl groups is 2. The van der Waals surface area contributed by atoms with Crippen molar-refractivity contribution in [1.29, 1.82) is 0 Å². The van der Waals surface area contributed by atoms with Gasteiger partial charge in [0.25, 0.3) is 0 Å². The molecule has 0 fully saturated rings. The van der Waals surface area contributed by atoms with Gasteiger partial charge in [0.2, 0.25) is 0 Å². The highest BCUT2D eigenvalue weighted by Gasteiger charge is 2.38. The molecule has 0 saturated carbocycles. The van der Waals surface area contributed by atoms with Crippen molar-refractivity contribution in [2.45, 2.75) is 19.3 Å². The standard InChI is InChI=1S/C16H12F2O3/c1-16(2)9-5-13(19)11(17)3-7(9)15(21)8-4-12(18)14(20)6-10(8)16/h3-6,19-20H,1-2H3. The second kappa shape index (κ2) is 4.04. The summed E-state index contributed by atoms with van der Waals surface area (Å²) in [4.78, 5) is 12.4. The van der Waals surface area contributed by atoms with Crippen LogP contribution in [0.25, 0.3) is 0 Å². The molecule has 0 spiro atoms. The van der Waals surface area contributed by atoms with E-state index in [4.69, 9.17) is 0 Å². The molecule has 2 aromatic carbocycles. The van der Waals surface area contributed by atoms with Crippen molar-refractivity contribution in [3.63, 3.8) is 0 Å². The number of halogens is 2. The second-order valence-electron chi connectivity index (χ2n) is 5.65. The van der Waals surface area contributed by atoms with Crippen molar-refractivity contribution in [3.8, 4) is 11.5 Å². The molecular weight excluding hydrogens is 278 g/mol. The predicted molar refractivity (Wildman–Crippen MR) is 71.7 cm³/mol. The van der Waals surface area contributed by atoms with Crippen LogP contribution < -0.4 is 0 Å². The van der Waals surface area contributed by atoms with Gasteiger partial charge >= 0.3 is 0 Å². The summed E-state index contributed by atoms with van der Waals surface area (Å²) in [5, 5.41) is 19.1. The van der Waals surface area contributed by atoms with E-state index in [1.54, 1.807) is 13.8 Å². The van der Waals surface area contributed by atoms with Gasteiger partial charge in [-0.3, -0.25) is 4.79 Å². The van der Waals surface area contributed by atoms with Crippen molar-refractivity contribution >= 4 is 5.78 Å². The lowest BCUT2D eigenvalue weighted by Crippen LogP contribution is -2.30. The molecule has 0 bridgehead atoms. The smallest absolute Gasteiger partial charge is 0.193 e. The van der Waals surface area contributed by atoms with Gasteiger partial charge < -0.3 is 10.2 Å². The molecule has 0 amide bonds. The van der Waals surface area contributed by atoms with E-state index in [-0.39, 0.29) is 11.1 Å². The molecule has 3 rings (SSSR count). The summed E-state index contributed by atoms with van der Waals surface area (Å²) in [6, 6.07) is 4.32. The number of phenolic OH excluding ortho intramolecular Hbond substituents is 2. The minimum Gasteiger partial charge on any atom is -0.505 e. The molecule has 1 aliphatic carbocycles. The van der Waals surface area contributed by atoms with Crippen molar-refractivity contribution in [2.24, 2.45) is 0 Å². The summed E-state index contributed by atoms with van der Waals surface area (Å²) < 4.78 is 27.1. The number of benzene rings is 2. The maximum Gasteiger partial charge on any atom is 0.193 e. The zero-order valence-corrected chi connectivity index (χ0v) is 11.4. The summed E-state index contributed by atoms with van der Waals surface area (Å²) >= 11 is 0. The van der Waals surface area contributed by atoms with Crippen LogP contribution >= 0.6 is 0 Å². The minimum atomic E-state index is -0.902. The lowest BCUT2D eigenvalue weighted by molar-refractivity contribution is 0.103. The number of hydrogen-bond acceptors (Lipinski definition) is 3. The van der Waals surface area contributed by atoms with E-state index in [0.29, 0.717) is 11.1 Å². The fourth-order valence-corrected chi connectivity index (χ4v) is 2.82. The van der Waals surface area contributed by atoms with Gasteiger partial charge in [-0.2, -0.15) is 0 Å². The third-order valence-corrected chi connectivity index (χ3v) is 4.01. The molecular formula is C16H12F2O3. The number of ketones is 1. The normalized spacial score (nSPS) is 15.5. The van der Waals surface area contributed by atoms with Crippen LogP contribution in [0.2, 0.25) is 0 Å². The van der Waals surface area contributed by atoms with E-state index in [9.17, 15) is 23.8 Å². The molecule has 21 heavy (non-hydrogen) atoms. The average Bonchev–Trinajstić information content (AvgIpc) is 2.41. The molecule has 2 N–H and O–H groups in total. The van der Waals surface area contributed by atoms with Gasteiger partial charge in [-0.1, -0.05) is 13.8 Å². The SMILES string of the molecule is CC1(C)c2cc(O)c(F)cc2C(=O)c2cc(F)c(O)cc21. The van der Waals surface area contributed by atoms with Gasteiger partial charge in [-0.05, 0) is 35.4 Å². The maximum atomic E-state index is 13.5. The Kier molecular flexibility index (Phi) is 2.60. The van der Waals surface area contributed by atoms with Gasteiger partial charge in [-0.25, -0.2) is 8.78 Å². The highest BCUT2D eigenvalue weighted by Crippen LogP contribution is 2.44. The van der Waals surface area contributed by atoms with Crippen molar-refractivity contribution in [2.75, 3.05) is 0 Å². The molecule has 0 atom stereocenters. The minimum absolute atomic E-state index is 0.0906. The maximum absolute atomic E-state index is 13.5. The Balaban J connectivity index is 2.38. The van der Waals surface area contributed by atoms with Gasteiger partial charge in [0, 0.05) is 16.5 Å². The Labute approximate surface area is 119 Å². The number of phenols is 2. The zero-order chi connectivity index (χ0) is 15.5. The molecule has 5 heteroatoms. The topological polar surface area (TPSA) is 57.5 Å². The molecule has 0 saturated heterocycles. The van der Waals surface area contributed by atoms with E-state index in [1.165, 1.54) is 12.1 Å². The van der Waals surface area contributed by atoms with E-state index in [2.05, 4.69) is 0 Å². The zero-order valence-electron chi connectivity index (χ0n) is 11.4. The third-order valence-electron chi connectivity index (χ3n) is 4.01. The Hall–Kier alpha value is -2.43. The first-order chi connectivity index (χ1) is 9.73. The summed E-state index contributed by atoms with van der Waals surface area (Å²) in [7, 11) is 0. The van der Waals surface area contributed by atoms with Crippen molar-refractivity contribution in [3.05, 3.63) is 58.2 Å². The summed E-state index contributed by atoms with van der Waals surface area (Å²) in [6.07, 6.45) is 0. The molecule has 0 aliphatic heterocycles. The monoisotopic (exact) mass is 290 g/mol. The van der Waals surface area contributed by atoms with Gasteiger partial charge in [0.1, 0.15) is 0 Å². The highest BCUT2D eigenvalue weighted by atomic mass is 19.1. The Morgan fingerprint density at radius 2 is 1.24 bits per heavy atom. The average molecular weight is 290 g/mol. The third kappa shape index (κ3) is 1.73. The molecule has 2 aromatic rings. The molecule has 3 nitrogen and oxygen atoms in total. The summed E-state index contributed by atoms with van der Waals surface area (Å²) in [5.74, 6) is -3.44. The molecule has 1 aliphatic rings. The first kappa shape index (κ1) is 13.5. The number of carbonyl (C=O) groups excluding carboxylic acids is 1. The summed E-state index contributed by atoms with van der Waals surface area (Å²) in [6.45, 7) is 3.51. The number of hydrogen-bond donors (Lipinski definition) is 2. The quantitative estimate of drug-likeness (QED) is 0.783. The van der Waals surface area contributed by atoms with Crippen LogP contribution in [0.4, 0.5) is 8.78 Å². The van der Waals surface area contributed by atoms with Crippen LogP contribution in [0.1, 0.15) is 40.9 Å². The first-order valence-electron chi connectivity index (χ1n) is 6.34. The molecule has 0 unspecified atom stereocenters. The van der Waals surface area contributed by atoms with Crippen LogP contribution in [-0.2, 0) is 5.41 Å². The number of rotatable bonds is 0. The lowest BCUT2D eigenvalue weighted by atomic mass is 9.68. The fraction of sp³-hybridized carbons (Fsp3) is 0.188. The molecule has 108 valence electrons. The van der Waals surface area contributed by atoms with Crippen molar-refractivity contribution in [1.82, 2.24) is 0 Å². The molecule has 0 radical (unpaired) electrons. The second-order valence-corrected chi connectivity index (χ2v) is 5.65. The number of fused-ring (bicyclic) bond motifs is 2. The Morgan fingerprint density at radius 3 is 1.62 bits per heavy atom. The van der Waals surface area contributed by atoms with Gasteiger partial charge in [-0.15, -0.1) is 0 Å². The van der Waals surface area contributed by atoms with Gasteiger partial charge in [0.15, 0.2) is 28.9 Å². The number of carbonyl (C=O) groups is 1. The van der Waals surface area contributed by atoms with E-state index in [0.717, 1.165) is 12.1 Å².